The number of para-hydroxylation sites is 1. The van der Waals surface area contributed by atoms with E-state index in [-0.39, 0.29) is 5.82 Å². The van der Waals surface area contributed by atoms with Crippen molar-refractivity contribution in [3.8, 4) is 0 Å². The van der Waals surface area contributed by atoms with Crippen LogP contribution in [0.15, 0.2) is 24.3 Å². The SMILES string of the molecule is CC(C)CNCCCCCCN(C)c1ccccc1F. The van der Waals surface area contributed by atoms with Gasteiger partial charge in [0.05, 0.1) is 5.69 Å². The van der Waals surface area contributed by atoms with Crippen LogP contribution in [0, 0.1) is 11.7 Å². The predicted octanol–water partition coefficient (Wildman–Crippen LogP) is 4.07. The third-order valence-corrected chi connectivity index (χ3v) is 3.41. The van der Waals surface area contributed by atoms with Gasteiger partial charge in [0.15, 0.2) is 0 Å². The Balaban J connectivity index is 2.05. The monoisotopic (exact) mass is 280 g/mol. The number of rotatable bonds is 10. The Morgan fingerprint density at radius 1 is 1.10 bits per heavy atom. The van der Waals surface area contributed by atoms with E-state index in [1.807, 2.05) is 24.1 Å². The topological polar surface area (TPSA) is 15.3 Å². The van der Waals surface area contributed by atoms with Gasteiger partial charge in [0.1, 0.15) is 5.82 Å². The van der Waals surface area contributed by atoms with E-state index in [1.165, 1.54) is 25.3 Å². The third kappa shape index (κ3) is 6.90. The number of nitrogens with zero attached hydrogens (tertiary/aromatic N) is 1. The van der Waals surface area contributed by atoms with Crippen LogP contribution >= 0.6 is 0 Å². The van der Waals surface area contributed by atoms with Crippen molar-refractivity contribution in [1.29, 1.82) is 0 Å². The molecule has 0 radical (unpaired) electrons. The highest BCUT2D eigenvalue weighted by molar-refractivity contribution is 5.46. The van der Waals surface area contributed by atoms with E-state index in [0.29, 0.717) is 5.69 Å². The van der Waals surface area contributed by atoms with Gasteiger partial charge in [-0.15, -0.1) is 0 Å². The number of hydrogen-bond donors (Lipinski definition) is 1. The summed E-state index contributed by atoms with van der Waals surface area (Å²) < 4.78 is 13.6. The summed E-state index contributed by atoms with van der Waals surface area (Å²) in [4.78, 5) is 2.01. The minimum absolute atomic E-state index is 0.132. The molecule has 0 heterocycles. The lowest BCUT2D eigenvalue weighted by molar-refractivity contribution is 0.526. The van der Waals surface area contributed by atoms with Crippen molar-refractivity contribution < 1.29 is 4.39 Å². The normalized spacial score (nSPS) is 11.1. The average molecular weight is 280 g/mol. The minimum Gasteiger partial charge on any atom is -0.372 e. The number of hydrogen-bond acceptors (Lipinski definition) is 2. The van der Waals surface area contributed by atoms with Crippen LogP contribution in [-0.4, -0.2) is 26.7 Å². The smallest absolute Gasteiger partial charge is 0.146 e. The average Bonchev–Trinajstić information content (AvgIpc) is 2.41. The minimum atomic E-state index is -0.132. The summed E-state index contributed by atoms with van der Waals surface area (Å²) in [5, 5.41) is 3.46. The van der Waals surface area contributed by atoms with Gasteiger partial charge < -0.3 is 10.2 Å². The van der Waals surface area contributed by atoms with Crippen LogP contribution in [0.5, 0.6) is 0 Å². The van der Waals surface area contributed by atoms with Crippen molar-refractivity contribution >= 4 is 5.69 Å². The van der Waals surface area contributed by atoms with Crippen molar-refractivity contribution in [3.63, 3.8) is 0 Å². The molecule has 0 fully saturated rings. The highest BCUT2D eigenvalue weighted by Crippen LogP contribution is 2.17. The Bertz CT molecular complexity index is 366. The Kier molecular flexibility index (Phi) is 8.28. The van der Waals surface area contributed by atoms with Gasteiger partial charge >= 0.3 is 0 Å². The molecule has 2 nitrogen and oxygen atoms in total. The zero-order chi connectivity index (χ0) is 14.8. The Morgan fingerprint density at radius 3 is 2.50 bits per heavy atom. The maximum Gasteiger partial charge on any atom is 0.146 e. The Morgan fingerprint density at radius 2 is 1.80 bits per heavy atom. The first-order chi connectivity index (χ1) is 9.61. The second kappa shape index (κ2) is 9.76. The fraction of sp³-hybridized carbons (Fsp3) is 0.647. The Hall–Kier alpha value is -1.09. The zero-order valence-electron chi connectivity index (χ0n) is 13.2. The van der Waals surface area contributed by atoms with Crippen LogP contribution in [0.3, 0.4) is 0 Å². The van der Waals surface area contributed by atoms with E-state index >= 15 is 0 Å². The summed E-state index contributed by atoms with van der Waals surface area (Å²) >= 11 is 0. The fourth-order valence-corrected chi connectivity index (χ4v) is 2.23. The molecule has 3 heteroatoms. The first-order valence-corrected chi connectivity index (χ1v) is 7.77. The molecule has 0 spiro atoms. The standard InChI is InChI=1S/C17H29FN2/c1-15(2)14-19-12-8-4-5-9-13-20(3)17-11-7-6-10-16(17)18/h6-7,10-11,15,19H,4-5,8-9,12-14H2,1-3H3. The number of nitrogens with one attached hydrogen (secondary N) is 1. The van der Waals surface area contributed by atoms with Crippen molar-refractivity contribution in [3.05, 3.63) is 30.1 Å². The summed E-state index contributed by atoms with van der Waals surface area (Å²) in [6.07, 6.45) is 4.81. The van der Waals surface area contributed by atoms with Gasteiger partial charge in [0.2, 0.25) is 0 Å². The molecule has 0 aliphatic heterocycles. The number of benzene rings is 1. The van der Waals surface area contributed by atoms with E-state index in [4.69, 9.17) is 0 Å². The van der Waals surface area contributed by atoms with Crippen LogP contribution in [0.4, 0.5) is 10.1 Å². The second-order valence-corrected chi connectivity index (χ2v) is 5.89. The summed E-state index contributed by atoms with van der Waals surface area (Å²) in [6.45, 7) is 7.59. The molecule has 0 aliphatic carbocycles. The molecule has 0 amide bonds. The molecule has 0 saturated carbocycles. The van der Waals surface area contributed by atoms with E-state index < -0.39 is 0 Å². The van der Waals surface area contributed by atoms with E-state index in [1.54, 1.807) is 6.07 Å². The van der Waals surface area contributed by atoms with E-state index in [9.17, 15) is 4.39 Å². The second-order valence-electron chi connectivity index (χ2n) is 5.89. The summed E-state index contributed by atoms with van der Waals surface area (Å²) in [5.41, 5.74) is 0.700. The van der Waals surface area contributed by atoms with Gasteiger partial charge in [0, 0.05) is 13.6 Å². The first-order valence-electron chi connectivity index (χ1n) is 7.77. The quantitative estimate of drug-likeness (QED) is 0.650. The van der Waals surface area contributed by atoms with Gasteiger partial charge in [-0.3, -0.25) is 0 Å². The molecule has 1 aromatic carbocycles. The van der Waals surface area contributed by atoms with Gasteiger partial charge in [-0.2, -0.15) is 0 Å². The van der Waals surface area contributed by atoms with Crippen LogP contribution in [0.2, 0.25) is 0 Å². The van der Waals surface area contributed by atoms with E-state index in [0.717, 1.165) is 32.0 Å². The molecule has 0 unspecified atom stereocenters. The van der Waals surface area contributed by atoms with Crippen LogP contribution in [-0.2, 0) is 0 Å². The largest absolute Gasteiger partial charge is 0.372 e. The molecule has 0 atom stereocenters. The van der Waals surface area contributed by atoms with Gasteiger partial charge in [-0.25, -0.2) is 4.39 Å². The molecule has 114 valence electrons. The molecular formula is C17H29FN2. The zero-order valence-corrected chi connectivity index (χ0v) is 13.2. The lowest BCUT2D eigenvalue weighted by Gasteiger charge is -2.19. The van der Waals surface area contributed by atoms with Crippen molar-refractivity contribution in [2.45, 2.75) is 39.5 Å². The number of unbranched alkanes of at least 4 members (excludes halogenated alkanes) is 3. The maximum atomic E-state index is 13.6. The van der Waals surface area contributed by atoms with Gasteiger partial charge in [-0.1, -0.05) is 38.8 Å². The summed E-state index contributed by atoms with van der Waals surface area (Å²) in [6, 6.07) is 6.98. The highest BCUT2D eigenvalue weighted by atomic mass is 19.1. The van der Waals surface area contributed by atoms with Gasteiger partial charge in [-0.05, 0) is 44.0 Å². The molecule has 20 heavy (non-hydrogen) atoms. The van der Waals surface area contributed by atoms with Crippen molar-refractivity contribution in [1.82, 2.24) is 5.32 Å². The van der Waals surface area contributed by atoms with Crippen molar-refractivity contribution in [2.75, 3.05) is 31.6 Å². The predicted molar refractivity (Wildman–Crippen MR) is 85.8 cm³/mol. The molecule has 0 aromatic heterocycles. The molecule has 0 bridgehead atoms. The molecule has 0 saturated heterocycles. The molecule has 1 N–H and O–H groups in total. The first kappa shape index (κ1) is 17.0. The summed E-state index contributed by atoms with van der Waals surface area (Å²) in [7, 11) is 1.96. The number of anilines is 1. The van der Waals surface area contributed by atoms with Crippen molar-refractivity contribution in [2.24, 2.45) is 5.92 Å². The third-order valence-electron chi connectivity index (χ3n) is 3.41. The fourth-order valence-electron chi connectivity index (χ4n) is 2.23. The lowest BCUT2D eigenvalue weighted by Crippen LogP contribution is -2.21. The maximum absolute atomic E-state index is 13.6. The molecule has 0 aliphatic rings. The summed E-state index contributed by atoms with van der Waals surface area (Å²) in [5.74, 6) is 0.595. The van der Waals surface area contributed by atoms with Crippen LogP contribution < -0.4 is 10.2 Å². The Labute approximate surface area is 123 Å². The molecular weight excluding hydrogens is 251 g/mol. The number of halogens is 1. The van der Waals surface area contributed by atoms with E-state index in [2.05, 4.69) is 19.2 Å². The molecule has 1 rings (SSSR count). The molecule has 1 aromatic rings. The lowest BCUT2D eigenvalue weighted by atomic mass is 10.1. The van der Waals surface area contributed by atoms with Crippen LogP contribution in [0.1, 0.15) is 39.5 Å². The highest BCUT2D eigenvalue weighted by Gasteiger charge is 2.05. The van der Waals surface area contributed by atoms with Crippen LogP contribution in [0.25, 0.3) is 0 Å². The van der Waals surface area contributed by atoms with Gasteiger partial charge in [0.25, 0.3) is 0 Å².